The lowest BCUT2D eigenvalue weighted by Crippen LogP contribution is -2.21. The topological polar surface area (TPSA) is 33.3 Å². The lowest BCUT2D eigenvalue weighted by atomic mass is 10.2. The predicted octanol–water partition coefficient (Wildman–Crippen LogP) is 4.33. The second kappa shape index (κ2) is 8.66. The number of hydrogen-bond donors (Lipinski definition) is 2. The maximum absolute atomic E-state index is 5.94. The molecule has 0 saturated heterocycles. The van der Waals surface area contributed by atoms with E-state index in [0.717, 1.165) is 36.1 Å². The summed E-state index contributed by atoms with van der Waals surface area (Å²) in [7, 11) is 0. The molecule has 0 fully saturated rings. The van der Waals surface area contributed by atoms with E-state index in [0.29, 0.717) is 0 Å². The minimum atomic E-state index is 0.210. The fraction of sp³-hybridized carbons (Fsp3) is 0.333. The van der Waals surface area contributed by atoms with E-state index in [1.54, 1.807) is 0 Å². The summed E-state index contributed by atoms with van der Waals surface area (Å²) in [5.74, 6) is 0.918. The molecular formula is C18H23ClN2O. The van der Waals surface area contributed by atoms with E-state index in [1.807, 2.05) is 50.2 Å². The van der Waals surface area contributed by atoms with E-state index in [9.17, 15) is 0 Å². The molecule has 3 nitrogen and oxygen atoms in total. The number of hydrogen-bond acceptors (Lipinski definition) is 3. The van der Waals surface area contributed by atoms with Crippen molar-refractivity contribution in [1.82, 2.24) is 5.32 Å². The van der Waals surface area contributed by atoms with Crippen LogP contribution in [0.5, 0.6) is 5.75 Å². The van der Waals surface area contributed by atoms with Crippen molar-refractivity contribution in [2.45, 2.75) is 26.5 Å². The first kappa shape index (κ1) is 16.7. The molecule has 2 N–H and O–H groups in total. The van der Waals surface area contributed by atoms with E-state index in [-0.39, 0.29) is 6.10 Å². The van der Waals surface area contributed by atoms with Gasteiger partial charge >= 0.3 is 0 Å². The van der Waals surface area contributed by atoms with Crippen LogP contribution in [0, 0.1) is 0 Å². The smallest absolute Gasteiger partial charge is 0.119 e. The standard InChI is InChI=1S/C18H23ClN2O/c1-14(2)22-18-8-6-15(7-9-18)13-20-10-11-21-17-5-3-4-16(19)12-17/h3-9,12,14,20-21H,10-11,13H2,1-2H3. The fourth-order valence-electron chi connectivity index (χ4n) is 2.08. The molecular weight excluding hydrogens is 296 g/mol. The lowest BCUT2D eigenvalue weighted by Gasteiger charge is -2.11. The molecule has 0 heterocycles. The maximum atomic E-state index is 5.94. The number of nitrogens with one attached hydrogen (secondary N) is 2. The summed E-state index contributed by atoms with van der Waals surface area (Å²) in [5.41, 5.74) is 2.29. The average molecular weight is 319 g/mol. The molecule has 22 heavy (non-hydrogen) atoms. The third kappa shape index (κ3) is 5.96. The molecule has 0 amide bonds. The fourth-order valence-corrected chi connectivity index (χ4v) is 2.27. The number of benzene rings is 2. The Morgan fingerprint density at radius 2 is 1.82 bits per heavy atom. The highest BCUT2D eigenvalue weighted by Gasteiger charge is 1.98. The van der Waals surface area contributed by atoms with Crippen LogP contribution in [0.3, 0.4) is 0 Å². The van der Waals surface area contributed by atoms with Crippen LogP contribution in [0.4, 0.5) is 5.69 Å². The molecule has 4 heteroatoms. The van der Waals surface area contributed by atoms with Crippen LogP contribution in [0.1, 0.15) is 19.4 Å². The molecule has 0 radical (unpaired) electrons. The molecule has 0 unspecified atom stereocenters. The predicted molar refractivity (Wildman–Crippen MR) is 93.9 cm³/mol. The largest absolute Gasteiger partial charge is 0.491 e. The molecule has 0 aliphatic carbocycles. The van der Waals surface area contributed by atoms with Crippen molar-refractivity contribution in [3.05, 3.63) is 59.1 Å². The Kier molecular flexibility index (Phi) is 6.56. The Hall–Kier alpha value is -1.71. The van der Waals surface area contributed by atoms with Gasteiger partial charge in [0.1, 0.15) is 5.75 Å². The third-order valence-corrected chi connectivity index (χ3v) is 3.31. The minimum Gasteiger partial charge on any atom is -0.491 e. The van der Waals surface area contributed by atoms with Crippen LogP contribution in [0.2, 0.25) is 5.02 Å². The first-order valence-corrected chi connectivity index (χ1v) is 7.97. The highest BCUT2D eigenvalue weighted by atomic mass is 35.5. The van der Waals surface area contributed by atoms with Gasteiger partial charge in [-0.3, -0.25) is 0 Å². The molecule has 118 valence electrons. The Labute approximate surface area is 137 Å². The molecule has 0 aliphatic heterocycles. The SMILES string of the molecule is CC(C)Oc1ccc(CNCCNc2cccc(Cl)c2)cc1. The first-order chi connectivity index (χ1) is 10.6. The number of anilines is 1. The second-order valence-electron chi connectivity index (χ2n) is 5.42. The average Bonchev–Trinajstić information content (AvgIpc) is 2.48. The molecule has 0 saturated carbocycles. The van der Waals surface area contributed by atoms with Crippen molar-refractivity contribution < 1.29 is 4.74 Å². The summed E-state index contributed by atoms with van der Waals surface area (Å²) >= 11 is 5.94. The summed E-state index contributed by atoms with van der Waals surface area (Å²) in [6.07, 6.45) is 0.210. The van der Waals surface area contributed by atoms with E-state index in [2.05, 4.69) is 22.8 Å². The van der Waals surface area contributed by atoms with Crippen LogP contribution in [-0.2, 0) is 6.54 Å². The Bertz CT molecular complexity index is 570. The molecule has 0 aliphatic rings. The summed E-state index contributed by atoms with van der Waals surface area (Å²) in [4.78, 5) is 0. The van der Waals surface area contributed by atoms with Crippen LogP contribution >= 0.6 is 11.6 Å². The van der Waals surface area contributed by atoms with Gasteiger partial charge in [0.15, 0.2) is 0 Å². The summed E-state index contributed by atoms with van der Waals surface area (Å²) in [6.45, 7) is 6.65. The zero-order valence-electron chi connectivity index (χ0n) is 13.1. The summed E-state index contributed by atoms with van der Waals surface area (Å²) < 4.78 is 5.63. The van der Waals surface area contributed by atoms with Crippen molar-refractivity contribution in [1.29, 1.82) is 0 Å². The Balaban J connectivity index is 1.66. The Morgan fingerprint density at radius 3 is 2.50 bits per heavy atom. The van der Waals surface area contributed by atoms with Gasteiger partial charge in [-0.1, -0.05) is 29.8 Å². The molecule has 0 aromatic heterocycles. The van der Waals surface area contributed by atoms with Crippen molar-refractivity contribution in [2.24, 2.45) is 0 Å². The zero-order chi connectivity index (χ0) is 15.8. The third-order valence-electron chi connectivity index (χ3n) is 3.08. The van der Waals surface area contributed by atoms with Gasteiger partial charge in [-0.2, -0.15) is 0 Å². The maximum Gasteiger partial charge on any atom is 0.119 e. The highest BCUT2D eigenvalue weighted by Crippen LogP contribution is 2.15. The minimum absolute atomic E-state index is 0.210. The lowest BCUT2D eigenvalue weighted by molar-refractivity contribution is 0.242. The monoisotopic (exact) mass is 318 g/mol. The number of rotatable bonds is 8. The first-order valence-electron chi connectivity index (χ1n) is 7.59. The summed E-state index contributed by atoms with van der Waals surface area (Å²) in [6, 6.07) is 16.0. The molecule has 2 aromatic rings. The molecule has 2 rings (SSSR count). The van der Waals surface area contributed by atoms with Crippen LogP contribution < -0.4 is 15.4 Å². The molecule has 2 aromatic carbocycles. The van der Waals surface area contributed by atoms with Gasteiger partial charge in [0.2, 0.25) is 0 Å². The van der Waals surface area contributed by atoms with Crippen molar-refractivity contribution in [3.8, 4) is 5.75 Å². The van der Waals surface area contributed by atoms with Gasteiger partial charge in [0, 0.05) is 30.3 Å². The summed E-state index contributed by atoms with van der Waals surface area (Å²) in [5, 5.41) is 7.50. The van der Waals surface area contributed by atoms with E-state index < -0.39 is 0 Å². The van der Waals surface area contributed by atoms with Crippen molar-refractivity contribution in [3.63, 3.8) is 0 Å². The van der Waals surface area contributed by atoms with Gasteiger partial charge < -0.3 is 15.4 Å². The van der Waals surface area contributed by atoms with Crippen LogP contribution in [0.15, 0.2) is 48.5 Å². The van der Waals surface area contributed by atoms with Gasteiger partial charge in [0.25, 0.3) is 0 Å². The molecule has 0 atom stereocenters. The van der Waals surface area contributed by atoms with Gasteiger partial charge in [-0.05, 0) is 49.7 Å². The van der Waals surface area contributed by atoms with Crippen molar-refractivity contribution >= 4 is 17.3 Å². The van der Waals surface area contributed by atoms with Crippen molar-refractivity contribution in [2.75, 3.05) is 18.4 Å². The molecule has 0 bridgehead atoms. The zero-order valence-corrected chi connectivity index (χ0v) is 13.9. The van der Waals surface area contributed by atoms with Gasteiger partial charge in [0.05, 0.1) is 6.10 Å². The quantitative estimate of drug-likeness (QED) is 0.711. The van der Waals surface area contributed by atoms with Crippen LogP contribution in [-0.4, -0.2) is 19.2 Å². The van der Waals surface area contributed by atoms with Crippen LogP contribution in [0.25, 0.3) is 0 Å². The second-order valence-corrected chi connectivity index (χ2v) is 5.86. The van der Waals surface area contributed by atoms with Gasteiger partial charge in [-0.25, -0.2) is 0 Å². The van der Waals surface area contributed by atoms with E-state index in [1.165, 1.54) is 5.56 Å². The Morgan fingerprint density at radius 1 is 1.05 bits per heavy atom. The number of halogens is 1. The van der Waals surface area contributed by atoms with E-state index >= 15 is 0 Å². The molecule has 0 spiro atoms. The van der Waals surface area contributed by atoms with E-state index in [4.69, 9.17) is 16.3 Å². The normalized spacial score (nSPS) is 10.7. The van der Waals surface area contributed by atoms with Gasteiger partial charge in [-0.15, -0.1) is 0 Å². The number of ether oxygens (including phenoxy) is 1. The highest BCUT2D eigenvalue weighted by molar-refractivity contribution is 6.30.